The Kier molecular flexibility index (Phi) is 6.29. The molecule has 0 radical (unpaired) electrons. The first kappa shape index (κ1) is 18.0. The number of rotatable bonds is 7. The van der Waals surface area contributed by atoms with Crippen LogP contribution in [0.2, 0.25) is 0 Å². The van der Waals surface area contributed by atoms with Crippen LogP contribution >= 0.6 is 0 Å². The summed E-state index contributed by atoms with van der Waals surface area (Å²) in [5, 5.41) is 8.85. The molecule has 1 fully saturated rings. The molecule has 1 aliphatic rings. The minimum Gasteiger partial charge on any atom is -0.467 e. The third-order valence-electron chi connectivity index (χ3n) is 4.63. The molecule has 3 rings (SSSR count). The molecule has 26 heavy (non-hydrogen) atoms. The van der Waals surface area contributed by atoms with Gasteiger partial charge in [0.25, 0.3) is 0 Å². The Labute approximate surface area is 154 Å². The molecule has 0 bridgehead atoms. The molecule has 0 saturated carbocycles. The molecular formula is C20H24N4O2. The Morgan fingerprint density at radius 2 is 1.88 bits per heavy atom. The van der Waals surface area contributed by atoms with Crippen LogP contribution in [-0.4, -0.2) is 55.0 Å². The molecule has 0 spiro atoms. The number of furan rings is 1. The van der Waals surface area contributed by atoms with E-state index in [1.807, 2.05) is 30.3 Å². The van der Waals surface area contributed by atoms with E-state index in [-0.39, 0.29) is 5.91 Å². The van der Waals surface area contributed by atoms with E-state index in [0.717, 1.165) is 31.9 Å². The molecule has 1 saturated heterocycles. The van der Waals surface area contributed by atoms with Crippen molar-refractivity contribution in [2.75, 3.05) is 44.2 Å². The van der Waals surface area contributed by atoms with Crippen LogP contribution in [0.4, 0.5) is 5.69 Å². The van der Waals surface area contributed by atoms with Gasteiger partial charge in [-0.1, -0.05) is 18.2 Å². The van der Waals surface area contributed by atoms with Gasteiger partial charge in [0.05, 0.1) is 31.8 Å². The van der Waals surface area contributed by atoms with E-state index in [4.69, 9.17) is 9.68 Å². The predicted molar refractivity (Wildman–Crippen MR) is 99.5 cm³/mol. The maximum absolute atomic E-state index is 12.7. The number of hydrogen-bond donors (Lipinski definition) is 0. The summed E-state index contributed by atoms with van der Waals surface area (Å²) in [4.78, 5) is 19.0. The standard InChI is InChI=1S/C20H24N4O2/c21-9-5-10-24(16-19-8-4-15-26-19)20(25)17-22-11-13-23(14-12-22)18-6-2-1-3-7-18/h1-4,6-8,15H,5,10-14,16-17H2. The fourth-order valence-electron chi connectivity index (χ4n) is 3.16. The Balaban J connectivity index is 1.52. The van der Waals surface area contributed by atoms with Crippen LogP contribution in [0, 0.1) is 11.3 Å². The minimum absolute atomic E-state index is 0.0461. The molecular weight excluding hydrogens is 328 g/mol. The van der Waals surface area contributed by atoms with Gasteiger partial charge in [0, 0.05) is 38.4 Å². The number of amides is 1. The van der Waals surface area contributed by atoms with Gasteiger partial charge in [-0.25, -0.2) is 0 Å². The average molecular weight is 352 g/mol. The molecule has 1 aliphatic heterocycles. The summed E-state index contributed by atoms with van der Waals surface area (Å²) < 4.78 is 5.35. The Morgan fingerprint density at radius 3 is 2.54 bits per heavy atom. The van der Waals surface area contributed by atoms with E-state index >= 15 is 0 Å². The number of para-hydroxylation sites is 1. The van der Waals surface area contributed by atoms with Gasteiger partial charge >= 0.3 is 0 Å². The molecule has 0 N–H and O–H groups in total. The number of hydrogen-bond acceptors (Lipinski definition) is 5. The number of nitrogens with zero attached hydrogens (tertiary/aromatic N) is 4. The van der Waals surface area contributed by atoms with E-state index in [2.05, 4.69) is 28.0 Å². The number of piperazine rings is 1. The summed E-state index contributed by atoms with van der Waals surface area (Å²) in [6.45, 7) is 4.76. The summed E-state index contributed by atoms with van der Waals surface area (Å²) >= 11 is 0. The quantitative estimate of drug-likeness (QED) is 0.765. The van der Waals surface area contributed by atoms with Crippen molar-refractivity contribution in [3.05, 3.63) is 54.5 Å². The van der Waals surface area contributed by atoms with Crippen molar-refractivity contribution in [1.82, 2.24) is 9.80 Å². The number of benzene rings is 1. The third-order valence-corrected chi connectivity index (χ3v) is 4.63. The molecule has 0 aliphatic carbocycles. The predicted octanol–water partition coefficient (Wildman–Crippen LogP) is 2.34. The topological polar surface area (TPSA) is 63.7 Å². The van der Waals surface area contributed by atoms with Crippen molar-refractivity contribution in [3.8, 4) is 6.07 Å². The van der Waals surface area contributed by atoms with E-state index in [1.54, 1.807) is 11.2 Å². The third kappa shape index (κ3) is 4.87. The summed E-state index contributed by atoms with van der Waals surface area (Å²) in [5.74, 6) is 0.787. The van der Waals surface area contributed by atoms with Gasteiger partial charge in [-0.15, -0.1) is 0 Å². The van der Waals surface area contributed by atoms with Crippen LogP contribution in [0.1, 0.15) is 12.2 Å². The molecule has 0 unspecified atom stereocenters. The first-order chi connectivity index (χ1) is 12.8. The lowest BCUT2D eigenvalue weighted by Gasteiger charge is -2.36. The molecule has 6 nitrogen and oxygen atoms in total. The van der Waals surface area contributed by atoms with Gasteiger partial charge in [0.1, 0.15) is 5.76 Å². The van der Waals surface area contributed by atoms with Gasteiger partial charge in [-0.05, 0) is 24.3 Å². The Morgan fingerprint density at radius 1 is 1.12 bits per heavy atom. The van der Waals surface area contributed by atoms with Crippen molar-refractivity contribution in [3.63, 3.8) is 0 Å². The number of anilines is 1. The molecule has 136 valence electrons. The first-order valence-corrected chi connectivity index (χ1v) is 8.96. The molecule has 6 heteroatoms. The lowest BCUT2D eigenvalue weighted by Crippen LogP contribution is -2.50. The van der Waals surface area contributed by atoms with Gasteiger partial charge < -0.3 is 14.2 Å². The fraction of sp³-hybridized carbons (Fsp3) is 0.400. The van der Waals surface area contributed by atoms with Crippen molar-refractivity contribution in [2.45, 2.75) is 13.0 Å². The van der Waals surface area contributed by atoms with Crippen LogP contribution in [-0.2, 0) is 11.3 Å². The second-order valence-corrected chi connectivity index (χ2v) is 6.40. The second-order valence-electron chi connectivity index (χ2n) is 6.40. The summed E-state index contributed by atoms with van der Waals surface area (Å²) in [5.41, 5.74) is 1.23. The normalized spacial score (nSPS) is 14.8. The zero-order valence-corrected chi connectivity index (χ0v) is 14.9. The van der Waals surface area contributed by atoms with Crippen LogP contribution in [0.3, 0.4) is 0 Å². The Hall–Kier alpha value is -2.78. The van der Waals surface area contributed by atoms with Crippen molar-refractivity contribution in [2.24, 2.45) is 0 Å². The van der Waals surface area contributed by atoms with E-state index in [0.29, 0.717) is 26.1 Å². The Bertz CT molecular complexity index is 716. The monoisotopic (exact) mass is 352 g/mol. The summed E-state index contributed by atoms with van der Waals surface area (Å²) in [6, 6.07) is 16.1. The fourth-order valence-corrected chi connectivity index (χ4v) is 3.16. The van der Waals surface area contributed by atoms with Gasteiger partial charge in [0.2, 0.25) is 5.91 Å². The van der Waals surface area contributed by atoms with Gasteiger partial charge in [0.15, 0.2) is 0 Å². The SMILES string of the molecule is N#CCCN(Cc1ccco1)C(=O)CN1CCN(c2ccccc2)CC1. The second kappa shape index (κ2) is 9.07. The van der Waals surface area contributed by atoms with E-state index < -0.39 is 0 Å². The summed E-state index contributed by atoms with van der Waals surface area (Å²) in [6.07, 6.45) is 1.93. The number of nitriles is 1. The molecule has 1 amide bonds. The van der Waals surface area contributed by atoms with Gasteiger partial charge in [-0.3, -0.25) is 9.69 Å². The van der Waals surface area contributed by atoms with Crippen molar-refractivity contribution >= 4 is 11.6 Å². The summed E-state index contributed by atoms with van der Waals surface area (Å²) in [7, 11) is 0. The highest BCUT2D eigenvalue weighted by atomic mass is 16.3. The molecule has 1 aromatic heterocycles. The zero-order chi connectivity index (χ0) is 18.2. The smallest absolute Gasteiger partial charge is 0.237 e. The average Bonchev–Trinajstić information content (AvgIpc) is 3.19. The van der Waals surface area contributed by atoms with Crippen LogP contribution in [0.25, 0.3) is 0 Å². The van der Waals surface area contributed by atoms with Crippen molar-refractivity contribution in [1.29, 1.82) is 5.26 Å². The molecule has 2 aromatic rings. The molecule has 0 atom stereocenters. The van der Waals surface area contributed by atoms with E-state index in [1.165, 1.54) is 5.69 Å². The van der Waals surface area contributed by atoms with Gasteiger partial charge in [-0.2, -0.15) is 5.26 Å². The number of carbonyl (C=O) groups excluding carboxylic acids is 1. The lowest BCUT2D eigenvalue weighted by molar-refractivity contribution is -0.133. The molecule has 1 aromatic carbocycles. The number of carbonyl (C=O) groups is 1. The highest BCUT2D eigenvalue weighted by Gasteiger charge is 2.22. The maximum atomic E-state index is 12.7. The van der Waals surface area contributed by atoms with Crippen LogP contribution in [0.5, 0.6) is 0 Å². The minimum atomic E-state index is 0.0461. The van der Waals surface area contributed by atoms with E-state index in [9.17, 15) is 4.79 Å². The molecule has 2 heterocycles. The highest BCUT2D eigenvalue weighted by Crippen LogP contribution is 2.16. The van der Waals surface area contributed by atoms with Crippen LogP contribution in [0.15, 0.2) is 53.1 Å². The highest BCUT2D eigenvalue weighted by molar-refractivity contribution is 5.78. The van der Waals surface area contributed by atoms with Crippen molar-refractivity contribution < 1.29 is 9.21 Å². The zero-order valence-electron chi connectivity index (χ0n) is 14.9. The first-order valence-electron chi connectivity index (χ1n) is 8.96. The largest absolute Gasteiger partial charge is 0.467 e. The maximum Gasteiger partial charge on any atom is 0.237 e. The van der Waals surface area contributed by atoms with Crippen LogP contribution < -0.4 is 4.90 Å². The lowest BCUT2D eigenvalue weighted by atomic mass is 10.2.